The Morgan fingerprint density at radius 2 is 1.94 bits per heavy atom. The maximum Gasteiger partial charge on any atom is 0.179 e. The van der Waals surface area contributed by atoms with E-state index in [1.807, 2.05) is 0 Å². The molecule has 3 nitrogen and oxygen atoms in total. The highest BCUT2D eigenvalue weighted by molar-refractivity contribution is 7.92. The number of Topliss-reactive ketones (excluding diaryl/α,β-unsaturated/α-hetero) is 1. The van der Waals surface area contributed by atoms with Crippen LogP contribution in [0.4, 0.5) is 0 Å². The molecule has 0 radical (unpaired) electrons. The van der Waals surface area contributed by atoms with E-state index in [9.17, 15) is 13.2 Å². The second-order valence-corrected chi connectivity index (χ2v) is 6.42. The molecule has 1 aromatic rings. The van der Waals surface area contributed by atoms with Crippen LogP contribution in [-0.4, -0.2) is 25.7 Å². The van der Waals surface area contributed by atoms with Gasteiger partial charge in [0.25, 0.3) is 0 Å². The largest absolute Gasteiger partial charge is 0.293 e. The molecule has 0 spiro atoms. The van der Waals surface area contributed by atoms with Crippen LogP contribution in [0.3, 0.4) is 0 Å². The summed E-state index contributed by atoms with van der Waals surface area (Å²) in [6, 6.07) is 4.38. The molecule has 1 aromatic carbocycles. The second-order valence-electron chi connectivity index (χ2n) is 3.22. The summed E-state index contributed by atoms with van der Waals surface area (Å²) < 4.78 is 22.6. The topological polar surface area (TPSA) is 51.2 Å². The minimum Gasteiger partial charge on any atom is -0.293 e. The van der Waals surface area contributed by atoms with Gasteiger partial charge in [0.2, 0.25) is 0 Å². The Labute approximate surface area is 104 Å². The molecule has 0 N–H and O–H groups in total. The summed E-state index contributed by atoms with van der Waals surface area (Å²) >= 11 is 11.5. The molecule has 0 aliphatic carbocycles. The fourth-order valence-corrected chi connectivity index (χ4v) is 2.24. The predicted octanol–water partition coefficient (Wildman–Crippen LogP) is 2.61. The molecule has 16 heavy (non-hydrogen) atoms. The first-order chi connectivity index (χ1) is 7.35. The van der Waals surface area contributed by atoms with Crippen LogP contribution in [0.25, 0.3) is 0 Å². The molecule has 0 bridgehead atoms. The van der Waals surface area contributed by atoms with Crippen LogP contribution in [0.2, 0.25) is 10.0 Å². The first-order valence-electron chi connectivity index (χ1n) is 4.54. The third-order valence-electron chi connectivity index (χ3n) is 2.02. The number of hydrogen-bond acceptors (Lipinski definition) is 3. The summed E-state index contributed by atoms with van der Waals surface area (Å²) in [5, 5.41) is 0.558. The van der Waals surface area contributed by atoms with E-state index < -0.39 is 21.4 Å². The van der Waals surface area contributed by atoms with E-state index in [1.54, 1.807) is 0 Å². The lowest BCUT2D eigenvalue weighted by Crippen LogP contribution is -2.18. The zero-order valence-corrected chi connectivity index (χ0v) is 10.9. The summed E-state index contributed by atoms with van der Waals surface area (Å²) in [6.45, 7) is 1.49. The lowest BCUT2D eigenvalue weighted by Gasteiger charge is -2.04. The number of ketones is 1. The smallest absolute Gasteiger partial charge is 0.179 e. The average Bonchev–Trinajstić information content (AvgIpc) is 2.21. The van der Waals surface area contributed by atoms with Crippen molar-refractivity contribution in [2.75, 3.05) is 11.5 Å². The van der Waals surface area contributed by atoms with Crippen molar-refractivity contribution in [2.24, 2.45) is 0 Å². The number of benzene rings is 1. The van der Waals surface area contributed by atoms with Crippen molar-refractivity contribution in [3.63, 3.8) is 0 Å². The number of carbonyl (C=O) groups is 1. The summed E-state index contributed by atoms with van der Waals surface area (Å²) in [7, 11) is -3.35. The van der Waals surface area contributed by atoms with Gasteiger partial charge in [-0.15, -0.1) is 0 Å². The predicted molar refractivity (Wildman–Crippen MR) is 65.1 cm³/mol. The van der Waals surface area contributed by atoms with Crippen LogP contribution < -0.4 is 0 Å². The van der Waals surface area contributed by atoms with Crippen molar-refractivity contribution in [1.82, 2.24) is 0 Å². The average molecular weight is 281 g/mol. The first-order valence-corrected chi connectivity index (χ1v) is 7.12. The zero-order chi connectivity index (χ0) is 12.3. The van der Waals surface area contributed by atoms with Crippen LogP contribution in [0.1, 0.15) is 17.3 Å². The highest BCUT2D eigenvalue weighted by atomic mass is 35.5. The van der Waals surface area contributed by atoms with Gasteiger partial charge in [-0.2, -0.15) is 0 Å². The van der Waals surface area contributed by atoms with E-state index in [2.05, 4.69) is 0 Å². The van der Waals surface area contributed by atoms with Crippen molar-refractivity contribution < 1.29 is 13.2 Å². The molecule has 0 unspecified atom stereocenters. The number of rotatable bonds is 4. The van der Waals surface area contributed by atoms with E-state index >= 15 is 0 Å². The van der Waals surface area contributed by atoms with Gasteiger partial charge in [-0.05, 0) is 18.2 Å². The molecule has 0 heterocycles. The standard InChI is InChI=1S/C10H10Cl2O3S/c1-2-16(14,15)6-10(13)8-5-7(11)3-4-9(8)12/h3-5H,2,6H2,1H3. The minimum atomic E-state index is -3.35. The van der Waals surface area contributed by atoms with Crippen LogP contribution in [-0.2, 0) is 9.84 Å². The Balaban J connectivity index is 3.02. The Bertz CT molecular complexity index is 509. The molecule has 0 saturated heterocycles. The molecular formula is C10H10Cl2O3S. The van der Waals surface area contributed by atoms with Crippen molar-refractivity contribution in [3.8, 4) is 0 Å². The van der Waals surface area contributed by atoms with E-state index in [1.165, 1.54) is 25.1 Å². The number of halogens is 2. The summed E-state index contributed by atoms with van der Waals surface area (Å²) in [6.07, 6.45) is 0. The minimum absolute atomic E-state index is 0.0725. The van der Waals surface area contributed by atoms with Gasteiger partial charge in [-0.1, -0.05) is 30.1 Å². The fourth-order valence-electron chi connectivity index (χ4n) is 1.09. The molecule has 0 fully saturated rings. The Morgan fingerprint density at radius 1 is 1.31 bits per heavy atom. The van der Waals surface area contributed by atoms with Gasteiger partial charge in [0, 0.05) is 16.3 Å². The first kappa shape index (κ1) is 13.5. The van der Waals surface area contributed by atoms with E-state index in [-0.39, 0.29) is 16.3 Å². The normalized spacial score (nSPS) is 11.4. The number of sulfone groups is 1. The molecule has 0 aromatic heterocycles. The third-order valence-corrected chi connectivity index (χ3v) is 4.17. The monoisotopic (exact) mass is 280 g/mol. The van der Waals surface area contributed by atoms with E-state index in [4.69, 9.17) is 23.2 Å². The molecule has 0 atom stereocenters. The lowest BCUT2D eigenvalue weighted by molar-refractivity contribution is 0.102. The quantitative estimate of drug-likeness (QED) is 0.797. The van der Waals surface area contributed by atoms with Crippen LogP contribution >= 0.6 is 23.2 Å². The summed E-state index contributed by atoms with van der Waals surface area (Å²) in [4.78, 5) is 11.7. The van der Waals surface area contributed by atoms with Gasteiger partial charge in [-0.3, -0.25) is 4.79 Å². The molecule has 0 aliphatic heterocycles. The van der Waals surface area contributed by atoms with Gasteiger partial charge < -0.3 is 0 Å². The fraction of sp³-hybridized carbons (Fsp3) is 0.300. The summed E-state index contributed by atoms with van der Waals surface area (Å²) in [5.74, 6) is -1.14. The number of carbonyl (C=O) groups excluding carboxylic acids is 1. The second kappa shape index (κ2) is 5.17. The molecular weight excluding hydrogens is 271 g/mol. The van der Waals surface area contributed by atoms with Crippen molar-refractivity contribution in [3.05, 3.63) is 33.8 Å². The van der Waals surface area contributed by atoms with E-state index in [0.29, 0.717) is 5.02 Å². The molecule has 6 heteroatoms. The van der Waals surface area contributed by atoms with Crippen LogP contribution in [0, 0.1) is 0 Å². The maximum atomic E-state index is 11.7. The SMILES string of the molecule is CCS(=O)(=O)CC(=O)c1cc(Cl)ccc1Cl. The van der Waals surface area contributed by atoms with Gasteiger partial charge in [0.1, 0.15) is 5.75 Å². The molecule has 0 saturated carbocycles. The van der Waals surface area contributed by atoms with Gasteiger partial charge >= 0.3 is 0 Å². The molecule has 88 valence electrons. The Morgan fingerprint density at radius 3 is 2.50 bits per heavy atom. The Hall–Kier alpha value is -0.580. The van der Waals surface area contributed by atoms with Crippen molar-refractivity contribution in [1.29, 1.82) is 0 Å². The van der Waals surface area contributed by atoms with Crippen molar-refractivity contribution >= 4 is 38.8 Å². The molecule has 0 aliphatic rings. The maximum absolute atomic E-state index is 11.7. The van der Waals surface area contributed by atoms with Crippen molar-refractivity contribution in [2.45, 2.75) is 6.92 Å². The molecule has 1 rings (SSSR count). The lowest BCUT2D eigenvalue weighted by atomic mass is 10.1. The third kappa shape index (κ3) is 3.47. The number of hydrogen-bond donors (Lipinski definition) is 0. The highest BCUT2D eigenvalue weighted by Gasteiger charge is 2.18. The van der Waals surface area contributed by atoms with E-state index in [0.717, 1.165) is 0 Å². The van der Waals surface area contributed by atoms with Crippen LogP contribution in [0.5, 0.6) is 0 Å². The highest BCUT2D eigenvalue weighted by Crippen LogP contribution is 2.21. The Kier molecular flexibility index (Phi) is 4.35. The van der Waals surface area contributed by atoms with Gasteiger partial charge in [0.15, 0.2) is 15.6 Å². The zero-order valence-electron chi connectivity index (χ0n) is 8.54. The van der Waals surface area contributed by atoms with Gasteiger partial charge in [0.05, 0.1) is 5.02 Å². The summed E-state index contributed by atoms with van der Waals surface area (Å²) in [5.41, 5.74) is 0.145. The van der Waals surface area contributed by atoms with Crippen LogP contribution in [0.15, 0.2) is 18.2 Å². The molecule has 0 amide bonds. The van der Waals surface area contributed by atoms with Gasteiger partial charge in [-0.25, -0.2) is 8.42 Å².